The van der Waals surface area contributed by atoms with Gasteiger partial charge in [-0.2, -0.15) is 10.2 Å². The van der Waals surface area contributed by atoms with Gasteiger partial charge in [0, 0.05) is 7.11 Å². The number of hydrogen-bond acceptors (Lipinski definition) is 5. The van der Waals surface area contributed by atoms with Gasteiger partial charge in [0.2, 0.25) is 0 Å². The number of hydrogen-bond donors (Lipinski definition) is 1. The Morgan fingerprint density at radius 1 is 1.89 bits per heavy atom. The molecule has 0 radical (unpaired) electrons. The molecule has 0 spiro atoms. The molecule has 1 unspecified atom stereocenters. The van der Waals surface area contributed by atoms with Crippen molar-refractivity contribution in [3.63, 3.8) is 0 Å². The van der Waals surface area contributed by atoms with E-state index in [0.29, 0.717) is 12.5 Å². The van der Waals surface area contributed by atoms with E-state index in [1.54, 1.807) is 18.9 Å². The van der Waals surface area contributed by atoms with Crippen molar-refractivity contribution in [1.82, 2.24) is 0 Å². The average molecular weight is 164 g/mol. The Labute approximate surface area is 63.7 Å². The van der Waals surface area contributed by atoms with Gasteiger partial charge in [0.05, 0.1) is 6.61 Å². The van der Waals surface area contributed by atoms with Crippen molar-refractivity contribution >= 4 is 24.4 Å². The summed E-state index contributed by atoms with van der Waals surface area (Å²) in [6.07, 6.45) is 0. The number of methoxy groups -OCH3 is 1. The number of ether oxygens (including phenoxy) is 1. The second-order valence-electron chi connectivity index (χ2n) is 1.69. The normalized spacial score (nSPS) is 33.6. The lowest BCUT2D eigenvalue weighted by molar-refractivity contribution is 0.194. The van der Waals surface area contributed by atoms with E-state index >= 15 is 0 Å². The van der Waals surface area contributed by atoms with Crippen LogP contribution in [0.4, 0.5) is 0 Å². The Kier molecular flexibility index (Phi) is 2.37. The molecule has 0 bridgehead atoms. The molecular weight excluding hydrogens is 156 g/mol. The summed E-state index contributed by atoms with van der Waals surface area (Å²) in [6, 6.07) is 0. The van der Waals surface area contributed by atoms with E-state index in [1.807, 2.05) is 0 Å². The molecule has 0 aliphatic carbocycles. The third kappa shape index (κ3) is 1.84. The predicted octanol–water partition coefficient (Wildman–Crippen LogP) is 1.37. The number of thioether (sulfide) groups is 1. The molecule has 1 aliphatic rings. The zero-order chi connectivity index (χ0) is 6.74. The molecule has 1 atom stereocenters. The van der Waals surface area contributed by atoms with Gasteiger partial charge in [0.15, 0.2) is 4.20 Å². The Hall–Kier alpha value is 0.260. The van der Waals surface area contributed by atoms with Gasteiger partial charge in [-0.1, -0.05) is 11.8 Å². The van der Waals surface area contributed by atoms with Gasteiger partial charge in [-0.05, 0) is 0 Å². The Morgan fingerprint density at radius 2 is 2.67 bits per heavy atom. The van der Waals surface area contributed by atoms with E-state index in [-0.39, 0.29) is 0 Å². The molecule has 5 heteroatoms. The molecule has 0 aromatic carbocycles. The number of rotatable bonds is 2. The van der Waals surface area contributed by atoms with Crippen LogP contribution in [0.2, 0.25) is 0 Å². The molecule has 1 heterocycles. The molecular formula is C4H8N2OS2. The van der Waals surface area contributed by atoms with Crippen LogP contribution in [-0.2, 0) is 4.74 Å². The second kappa shape index (κ2) is 2.90. The molecule has 0 saturated carbocycles. The standard InChI is InChI=1S/C4H8N2OS2/c1-7-2-4(8)6-5-3-9-4/h8H,2-3H2,1H3. The second-order valence-corrected chi connectivity index (χ2v) is 3.96. The number of thiol groups is 1. The Bertz CT molecular complexity index is 130. The maximum atomic E-state index is 4.88. The summed E-state index contributed by atoms with van der Waals surface area (Å²) in [5.41, 5.74) is 0. The van der Waals surface area contributed by atoms with Crippen molar-refractivity contribution in [2.45, 2.75) is 4.20 Å². The third-order valence-electron chi connectivity index (χ3n) is 0.913. The number of nitrogens with zero attached hydrogens (tertiary/aromatic N) is 2. The Morgan fingerprint density at radius 3 is 3.11 bits per heavy atom. The molecule has 1 aliphatic heterocycles. The number of azo groups is 1. The van der Waals surface area contributed by atoms with Crippen molar-refractivity contribution in [3.8, 4) is 0 Å². The average Bonchev–Trinajstić information content (AvgIpc) is 2.16. The van der Waals surface area contributed by atoms with E-state index in [4.69, 9.17) is 4.74 Å². The van der Waals surface area contributed by atoms with Gasteiger partial charge in [-0.15, -0.1) is 12.6 Å². The van der Waals surface area contributed by atoms with Gasteiger partial charge in [-0.25, -0.2) is 0 Å². The quantitative estimate of drug-likeness (QED) is 0.625. The van der Waals surface area contributed by atoms with Gasteiger partial charge < -0.3 is 4.74 Å². The Balaban J connectivity index is 2.42. The highest BCUT2D eigenvalue weighted by atomic mass is 32.2. The largest absolute Gasteiger partial charge is 0.380 e. The summed E-state index contributed by atoms with van der Waals surface area (Å²) >= 11 is 5.81. The first-order valence-corrected chi connectivity index (χ1v) is 3.94. The van der Waals surface area contributed by atoms with Gasteiger partial charge in [0.25, 0.3) is 0 Å². The summed E-state index contributed by atoms with van der Waals surface area (Å²) in [5, 5.41) is 7.67. The maximum absolute atomic E-state index is 4.88. The summed E-state index contributed by atoms with van der Waals surface area (Å²) in [6.45, 7) is 0.518. The molecule has 0 fully saturated rings. The van der Waals surface area contributed by atoms with E-state index < -0.39 is 4.20 Å². The molecule has 0 amide bonds. The summed E-state index contributed by atoms with van der Waals surface area (Å²) in [5.74, 6) is 0.701. The van der Waals surface area contributed by atoms with Crippen molar-refractivity contribution in [2.75, 3.05) is 19.6 Å². The lowest BCUT2D eigenvalue weighted by Gasteiger charge is -2.13. The minimum absolute atomic E-state index is 0.408. The van der Waals surface area contributed by atoms with Crippen LogP contribution in [0.15, 0.2) is 10.2 Å². The first kappa shape index (κ1) is 7.37. The summed E-state index contributed by atoms with van der Waals surface area (Å²) in [7, 11) is 1.63. The highest BCUT2D eigenvalue weighted by Gasteiger charge is 2.29. The smallest absolute Gasteiger partial charge is 0.194 e. The lowest BCUT2D eigenvalue weighted by Crippen LogP contribution is -2.17. The van der Waals surface area contributed by atoms with Crippen LogP contribution in [0.3, 0.4) is 0 Å². The van der Waals surface area contributed by atoms with Gasteiger partial charge in [0.1, 0.15) is 5.88 Å². The monoisotopic (exact) mass is 164 g/mol. The molecule has 3 nitrogen and oxygen atoms in total. The highest BCUT2D eigenvalue weighted by Crippen LogP contribution is 2.36. The van der Waals surface area contributed by atoms with E-state index in [9.17, 15) is 0 Å². The topological polar surface area (TPSA) is 34.0 Å². The minimum atomic E-state index is -0.408. The minimum Gasteiger partial charge on any atom is -0.380 e. The van der Waals surface area contributed by atoms with E-state index in [1.165, 1.54) is 0 Å². The van der Waals surface area contributed by atoms with Gasteiger partial charge in [-0.3, -0.25) is 0 Å². The van der Waals surface area contributed by atoms with Gasteiger partial charge >= 0.3 is 0 Å². The molecule has 1 rings (SSSR count). The molecule has 0 saturated heterocycles. The van der Waals surface area contributed by atoms with E-state index in [0.717, 1.165) is 0 Å². The van der Waals surface area contributed by atoms with Crippen LogP contribution < -0.4 is 0 Å². The molecule has 0 aromatic heterocycles. The molecule has 0 N–H and O–H groups in total. The first-order chi connectivity index (χ1) is 4.27. The third-order valence-corrected chi connectivity index (χ3v) is 2.43. The van der Waals surface area contributed by atoms with E-state index in [2.05, 4.69) is 22.9 Å². The molecule has 9 heavy (non-hydrogen) atoms. The van der Waals surface area contributed by atoms with Crippen molar-refractivity contribution < 1.29 is 4.74 Å². The molecule has 0 aromatic rings. The van der Waals surface area contributed by atoms with Crippen molar-refractivity contribution in [1.29, 1.82) is 0 Å². The SMILES string of the molecule is COCC1(S)N=NCS1. The van der Waals surface area contributed by atoms with Crippen LogP contribution in [0.25, 0.3) is 0 Å². The fourth-order valence-electron chi connectivity index (χ4n) is 0.559. The van der Waals surface area contributed by atoms with Crippen molar-refractivity contribution in [2.24, 2.45) is 10.2 Å². The fraction of sp³-hybridized carbons (Fsp3) is 1.00. The summed E-state index contributed by atoms with van der Waals surface area (Å²) < 4.78 is 4.47. The van der Waals surface area contributed by atoms with Crippen LogP contribution >= 0.6 is 24.4 Å². The highest BCUT2D eigenvalue weighted by molar-refractivity contribution is 8.11. The van der Waals surface area contributed by atoms with Crippen LogP contribution in [0, 0.1) is 0 Å². The fourth-order valence-corrected chi connectivity index (χ4v) is 1.56. The lowest BCUT2D eigenvalue weighted by atomic mass is 10.7. The predicted molar refractivity (Wildman–Crippen MR) is 40.9 cm³/mol. The maximum Gasteiger partial charge on any atom is 0.194 e. The zero-order valence-corrected chi connectivity index (χ0v) is 6.78. The zero-order valence-electron chi connectivity index (χ0n) is 5.07. The van der Waals surface area contributed by atoms with Crippen molar-refractivity contribution in [3.05, 3.63) is 0 Å². The van der Waals surface area contributed by atoms with Crippen LogP contribution in [0.1, 0.15) is 0 Å². The van der Waals surface area contributed by atoms with Crippen LogP contribution in [0.5, 0.6) is 0 Å². The van der Waals surface area contributed by atoms with Crippen LogP contribution in [-0.4, -0.2) is 23.8 Å². The summed E-state index contributed by atoms with van der Waals surface area (Å²) in [4.78, 5) is 0. The molecule has 52 valence electrons. The first-order valence-electron chi connectivity index (χ1n) is 2.51.